The predicted molar refractivity (Wildman–Crippen MR) is 106 cm³/mol. The molecule has 0 bridgehead atoms. The standard InChI is InChI=1S/C17H35N7O2/c1-13(25)24-14(9-8-12-23-17(20)21)15(26)10-6-4-2-3-5-7-11-22-16(18)19/h14H,2-12H2,1H3,(H,24,25)(H4,18,19,22)(H4,20,21,23)/t14-/m0/s1. The number of Topliss-reactive ketones (excluding diaryl/α,β-unsaturated/α-hetero) is 1. The van der Waals surface area contributed by atoms with Gasteiger partial charge in [-0.2, -0.15) is 0 Å². The SMILES string of the molecule is CC(=O)N[C@@H](CCCN=C(N)N)C(=O)CCCCCCCCN=C(N)N. The van der Waals surface area contributed by atoms with Gasteiger partial charge in [-0.3, -0.25) is 19.6 Å². The van der Waals surface area contributed by atoms with Crippen LogP contribution in [0.2, 0.25) is 0 Å². The predicted octanol–water partition coefficient (Wildman–Crippen LogP) is 0.118. The van der Waals surface area contributed by atoms with Gasteiger partial charge in [-0.15, -0.1) is 0 Å². The summed E-state index contributed by atoms with van der Waals surface area (Å²) in [6, 6.07) is -0.457. The van der Waals surface area contributed by atoms with E-state index >= 15 is 0 Å². The minimum absolute atomic E-state index is 0.0331. The molecular formula is C17H35N7O2. The van der Waals surface area contributed by atoms with Crippen LogP contribution in [0.3, 0.4) is 0 Å². The van der Waals surface area contributed by atoms with Gasteiger partial charge in [-0.25, -0.2) is 0 Å². The molecule has 1 amide bonds. The van der Waals surface area contributed by atoms with Crippen LogP contribution in [0.4, 0.5) is 0 Å². The molecular weight excluding hydrogens is 334 g/mol. The summed E-state index contributed by atoms with van der Waals surface area (Å²) < 4.78 is 0. The number of unbranched alkanes of at least 4 members (excludes halogenated alkanes) is 5. The molecule has 9 N–H and O–H groups in total. The van der Waals surface area contributed by atoms with Crippen LogP contribution >= 0.6 is 0 Å². The van der Waals surface area contributed by atoms with Gasteiger partial charge in [0.25, 0.3) is 0 Å². The third-order valence-corrected chi connectivity index (χ3v) is 3.84. The first kappa shape index (κ1) is 23.7. The van der Waals surface area contributed by atoms with E-state index < -0.39 is 6.04 Å². The topological polar surface area (TPSA) is 175 Å². The molecule has 150 valence electrons. The fraction of sp³-hybridized carbons (Fsp3) is 0.765. The van der Waals surface area contributed by atoms with E-state index in [0.29, 0.717) is 32.4 Å². The number of guanidine groups is 2. The Morgan fingerprint density at radius 2 is 1.31 bits per heavy atom. The number of carbonyl (C=O) groups is 2. The number of hydrogen-bond acceptors (Lipinski definition) is 4. The second kappa shape index (κ2) is 15.0. The van der Waals surface area contributed by atoms with E-state index in [1.807, 2.05) is 0 Å². The molecule has 0 aliphatic heterocycles. The molecule has 26 heavy (non-hydrogen) atoms. The molecule has 9 heteroatoms. The van der Waals surface area contributed by atoms with E-state index in [4.69, 9.17) is 22.9 Å². The molecule has 0 unspecified atom stereocenters. The Kier molecular flexibility index (Phi) is 13.6. The van der Waals surface area contributed by atoms with Crippen LogP contribution in [0.25, 0.3) is 0 Å². The maximum Gasteiger partial charge on any atom is 0.217 e. The quantitative estimate of drug-likeness (QED) is 0.155. The monoisotopic (exact) mass is 369 g/mol. The average molecular weight is 370 g/mol. The van der Waals surface area contributed by atoms with Crippen molar-refractivity contribution in [1.29, 1.82) is 0 Å². The van der Waals surface area contributed by atoms with E-state index in [9.17, 15) is 9.59 Å². The summed E-state index contributed by atoms with van der Waals surface area (Å²) >= 11 is 0. The molecule has 0 saturated heterocycles. The van der Waals surface area contributed by atoms with E-state index in [2.05, 4.69) is 15.3 Å². The number of amides is 1. The van der Waals surface area contributed by atoms with Crippen molar-refractivity contribution in [3.05, 3.63) is 0 Å². The third-order valence-electron chi connectivity index (χ3n) is 3.84. The van der Waals surface area contributed by atoms with Crippen molar-refractivity contribution in [2.24, 2.45) is 32.9 Å². The molecule has 0 heterocycles. The summed E-state index contributed by atoms with van der Waals surface area (Å²) in [7, 11) is 0. The van der Waals surface area contributed by atoms with Crippen molar-refractivity contribution < 1.29 is 9.59 Å². The third kappa shape index (κ3) is 15.2. The maximum absolute atomic E-state index is 12.3. The second-order valence-corrected chi connectivity index (χ2v) is 6.35. The second-order valence-electron chi connectivity index (χ2n) is 6.35. The fourth-order valence-corrected chi connectivity index (χ4v) is 2.56. The molecule has 0 aromatic heterocycles. The van der Waals surface area contributed by atoms with Gasteiger partial charge in [-0.05, 0) is 25.7 Å². The molecule has 1 atom stereocenters. The Bertz CT molecular complexity index is 470. The Balaban J connectivity index is 3.93. The van der Waals surface area contributed by atoms with E-state index in [1.54, 1.807) is 0 Å². The summed E-state index contributed by atoms with van der Waals surface area (Å²) in [5.74, 6) is 0.0323. The normalized spacial score (nSPS) is 11.4. The van der Waals surface area contributed by atoms with Crippen molar-refractivity contribution in [2.45, 2.75) is 70.8 Å². The highest BCUT2D eigenvalue weighted by molar-refractivity contribution is 5.88. The smallest absolute Gasteiger partial charge is 0.217 e. The van der Waals surface area contributed by atoms with Gasteiger partial charge in [0.05, 0.1) is 6.04 Å². The first-order valence-electron chi connectivity index (χ1n) is 9.23. The van der Waals surface area contributed by atoms with Crippen LogP contribution in [0.1, 0.15) is 64.7 Å². The lowest BCUT2D eigenvalue weighted by Crippen LogP contribution is -2.39. The molecule has 0 aromatic rings. The minimum atomic E-state index is -0.457. The van der Waals surface area contributed by atoms with Crippen LogP contribution in [-0.4, -0.2) is 42.7 Å². The highest BCUT2D eigenvalue weighted by Gasteiger charge is 2.18. The van der Waals surface area contributed by atoms with Gasteiger partial charge in [0.15, 0.2) is 17.7 Å². The zero-order valence-corrected chi connectivity index (χ0v) is 15.9. The van der Waals surface area contributed by atoms with Crippen molar-refractivity contribution >= 4 is 23.6 Å². The minimum Gasteiger partial charge on any atom is -0.370 e. The Morgan fingerprint density at radius 1 is 0.808 bits per heavy atom. The van der Waals surface area contributed by atoms with Crippen LogP contribution in [0.5, 0.6) is 0 Å². The number of nitrogens with zero attached hydrogens (tertiary/aromatic N) is 2. The summed E-state index contributed by atoms with van der Waals surface area (Å²) in [5, 5.41) is 2.72. The van der Waals surface area contributed by atoms with Gasteiger partial charge in [0.1, 0.15) is 0 Å². The molecule has 0 aliphatic carbocycles. The zero-order chi connectivity index (χ0) is 19.8. The number of nitrogens with one attached hydrogen (secondary N) is 1. The number of carbonyl (C=O) groups excluding carboxylic acids is 2. The Morgan fingerprint density at radius 3 is 1.85 bits per heavy atom. The lowest BCUT2D eigenvalue weighted by molar-refractivity contribution is -0.127. The number of hydrogen-bond donors (Lipinski definition) is 5. The highest BCUT2D eigenvalue weighted by atomic mass is 16.2. The van der Waals surface area contributed by atoms with Gasteiger partial charge < -0.3 is 28.3 Å². The van der Waals surface area contributed by atoms with Crippen molar-refractivity contribution in [2.75, 3.05) is 13.1 Å². The summed E-state index contributed by atoms with van der Waals surface area (Å²) in [5.41, 5.74) is 21.1. The molecule has 0 aromatic carbocycles. The largest absolute Gasteiger partial charge is 0.370 e. The highest BCUT2D eigenvalue weighted by Crippen LogP contribution is 2.10. The zero-order valence-electron chi connectivity index (χ0n) is 15.9. The molecule has 0 radical (unpaired) electrons. The molecule has 0 aliphatic rings. The Labute approximate surface area is 156 Å². The maximum atomic E-state index is 12.3. The first-order valence-corrected chi connectivity index (χ1v) is 9.23. The Hall–Kier alpha value is -2.32. The van der Waals surface area contributed by atoms with Crippen molar-refractivity contribution in [1.82, 2.24) is 5.32 Å². The lowest BCUT2D eigenvalue weighted by Gasteiger charge is -2.16. The van der Waals surface area contributed by atoms with Gasteiger partial charge in [0.2, 0.25) is 5.91 Å². The van der Waals surface area contributed by atoms with Gasteiger partial charge >= 0.3 is 0 Å². The van der Waals surface area contributed by atoms with Crippen molar-refractivity contribution in [3.63, 3.8) is 0 Å². The fourth-order valence-electron chi connectivity index (χ4n) is 2.56. The summed E-state index contributed by atoms with van der Waals surface area (Å²) in [4.78, 5) is 31.4. The van der Waals surface area contributed by atoms with Gasteiger partial charge in [0, 0.05) is 26.4 Å². The van der Waals surface area contributed by atoms with E-state index in [-0.39, 0.29) is 23.6 Å². The molecule has 0 fully saturated rings. The average Bonchev–Trinajstić information content (AvgIpc) is 2.55. The lowest BCUT2D eigenvalue weighted by atomic mass is 10.0. The number of nitrogens with two attached hydrogens (primary N) is 4. The number of rotatable bonds is 15. The number of aliphatic imine (C=N–C) groups is 2. The van der Waals surface area contributed by atoms with E-state index in [1.165, 1.54) is 6.92 Å². The molecule has 9 nitrogen and oxygen atoms in total. The molecule has 0 saturated carbocycles. The van der Waals surface area contributed by atoms with Gasteiger partial charge in [-0.1, -0.05) is 25.7 Å². The van der Waals surface area contributed by atoms with E-state index in [0.717, 1.165) is 38.5 Å². The summed E-state index contributed by atoms with van der Waals surface area (Å²) in [6.45, 7) is 2.53. The number of ketones is 1. The van der Waals surface area contributed by atoms with Crippen molar-refractivity contribution in [3.8, 4) is 0 Å². The first-order chi connectivity index (χ1) is 12.3. The molecule has 0 rings (SSSR count). The van der Waals surface area contributed by atoms with Crippen LogP contribution in [0.15, 0.2) is 9.98 Å². The van der Waals surface area contributed by atoms with Crippen LogP contribution in [0, 0.1) is 0 Å². The molecule has 0 spiro atoms. The summed E-state index contributed by atoms with van der Waals surface area (Å²) in [6.07, 6.45) is 7.70. The van der Waals surface area contributed by atoms with Crippen LogP contribution in [-0.2, 0) is 9.59 Å². The van der Waals surface area contributed by atoms with Crippen LogP contribution < -0.4 is 28.3 Å².